The van der Waals surface area contributed by atoms with Crippen molar-refractivity contribution in [2.24, 2.45) is 0 Å². The van der Waals surface area contributed by atoms with Gasteiger partial charge in [-0.1, -0.05) is 18.2 Å². The molecule has 0 unspecified atom stereocenters. The Kier molecular flexibility index (Phi) is 3.70. The Morgan fingerprint density at radius 1 is 1.05 bits per heavy atom. The molecule has 0 atom stereocenters. The lowest BCUT2D eigenvalue weighted by Crippen LogP contribution is -2.13. The first-order valence-corrected chi connectivity index (χ1v) is 6.82. The highest BCUT2D eigenvalue weighted by molar-refractivity contribution is 6.06. The summed E-state index contributed by atoms with van der Waals surface area (Å²) in [6, 6.07) is 14.8. The Morgan fingerprint density at radius 2 is 1.86 bits per heavy atom. The predicted molar refractivity (Wildman–Crippen MR) is 85.8 cm³/mol. The molecule has 1 heterocycles. The van der Waals surface area contributed by atoms with Gasteiger partial charge in [-0.25, -0.2) is 0 Å². The average Bonchev–Trinajstić information content (AvgIpc) is 2.99. The largest absolute Gasteiger partial charge is 0.497 e. The Labute approximate surface area is 127 Å². The van der Waals surface area contributed by atoms with Crippen LogP contribution in [0.4, 0.5) is 5.69 Å². The number of methoxy groups -OCH3 is 2. The van der Waals surface area contributed by atoms with E-state index >= 15 is 0 Å². The number of hydrogen-bond acceptors (Lipinski definition) is 3. The van der Waals surface area contributed by atoms with Crippen LogP contribution in [0.15, 0.2) is 48.5 Å². The molecular weight excluding hydrogens is 280 g/mol. The van der Waals surface area contributed by atoms with Crippen LogP contribution in [0.1, 0.15) is 10.5 Å². The molecule has 2 N–H and O–H groups in total. The molecule has 5 nitrogen and oxygen atoms in total. The number of benzene rings is 2. The van der Waals surface area contributed by atoms with Gasteiger partial charge in [0, 0.05) is 17.0 Å². The fourth-order valence-corrected chi connectivity index (χ4v) is 2.29. The molecule has 0 saturated carbocycles. The van der Waals surface area contributed by atoms with Crippen molar-refractivity contribution in [3.8, 4) is 11.5 Å². The number of ether oxygens (including phenoxy) is 2. The van der Waals surface area contributed by atoms with Gasteiger partial charge in [0.2, 0.25) is 0 Å². The Bertz CT molecular complexity index is 791. The topological polar surface area (TPSA) is 63.3 Å². The lowest BCUT2D eigenvalue weighted by Gasteiger charge is -2.11. The minimum Gasteiger partial charge on any atom is -0.497 e. The minimum absolute atomic E-state index is 0.223. The van der Waals surface area contributed by atoms with E-state index in [1.807, 2.05) is 30.3 Å². The highest BCUT2D eigenvalue weighted by atomic mass is 16.5. The molecule has 0 aliphatic carbocycles. The third-order valence-corrected chi connectivity index (χ3v) is 3.43. The summed E-state index contributed by atoms with van der Waals surface area (Å²) in [5, 5.41) is 3.83. The van der Waals surface area contributed by atoms with Crippen molar-refractivity contribution < 1.29 is 14.3 Å². The van der Waals surface area contributed by atoms with E-state index < -0.39 is 0 Å². The molecule has 0 saturated heterocycles. The summed E-state index contributed by atoms with van der Waals surface area (Å²) in [5.74, 6) is 0.990. The van der Waals surface area contributed by atoms with Crippen LogP contribution < -0.4 is 14.8 Å². The van der Waals surface area contributed by atoms with E-state index in [1.54, 1.807) is 32.4 Å². The molecular formula is C17H16N2O3. The molecule has 0 bridgehead atoms. The van der Waals surface area contributed by atoms with Crippen molar-refractivity contribution in [3.63, 3.8) is 0 Å². The van der Waals surface area contributed by atoms with Gasteiger partial charge in [-0.3, -0.25) is 4.79 Å². The normalized spacial score (nSPS) is 10.5. The first kappa shape index (κ1) is 14.0. The Morgan fingerprint density at radius 3 is 2.59 bits per heavy atom. The maximum Gasteiger partial charge on any atom is 0.272 e. The molecule has 0 aliphatic rings. The van der Waals surface area contributed by atoms with E-state index in [2.05, 4.69) is 10.3 Å². The van der Waals surface area contributed by atoms with Crippen molar-refractivity contribution in [2.45, 2.75) is 0 Å². The predicted octanol–water partition coefficient (Wildman–Crippen LogP) is 3.44. The van der Waals surface area contributed by atoms with Gasteiger partial charge in [0.1, 0.15) is 17.2 Å². The summed E-state index contributed by atoms with van der Waals surface area (Å²) in [7, 11) is 3.13. The number of carbonyl (C=O) groups is 1. The fraction of sp³-hybridized carbons (Fsp3) is 0.118. The van der Waals surface area contributed by atoms with E-state index in [-0.39, 0.29) is 5.91 Å². The smallest absolute Gasteiger partial charge is 0.272 e. The van der Waals surface area contributed by atoms with Gasteiger partial charge >= 0.3 is 0 Å². The molecule has 5 heteroatoms. The summed E-state index contributed by atoms with van der Waals surface area (Å²) in [6.07, 6.45) is 0. The van der Waals surface area contributed by atoms with Crippen LogP contribution in [0.3, 0.4) is 0 Å². The molecule has 0 aliphatic heterocycles. The third kappa shape index (κ3) is 2.61. The fourth-order valence-electron chi connectivity index (χ4n) is 2.29. The maximum absolute atomic E-state index is 12.4. The highest BCUT2D eigenvalue weighted by Crippen LogP contribution is 2.29. The van der Waals surface area contributed by atoms with Crippen molar-refractivity contribution in [2.75, 3.05) is 19.5 Å². The van der Waals surface area contributed by atoms with Gasteiger partial charge in [0.05, 0.1) is 19.9 Å². The van der Waals surface area contributed by atoms with Crippen molar-refractivity contribution in [1.29, 1.82) is 0 Å². The first-order valence-electron chi connectivity index (χ1n) is 6.82. The number of rotatable bonds is 4. The highest BCUT2D eigenvalue weighted by Gasteiger charge is 2.12. The molecule has 3 rings (SSSR count). The van der Waals surface area contributed by atoms with Crippen LogP contribution in [0.5, 0.6) is 11.5 Å². The van der Waals surface area contributed by atoms with Gasteiger partial charge in [0.15, 0.2) is 0 Å². The molecule has 0 fully saturated rings. The van der Waals surface area contributed by atoms with Gasteiger partial charge < -0.3 is 19.8 Å². The molecule has 1 aromatic heterocycles. The lowest BCUT2D eigenvalue weighted by molar-refractivity contribution is 0.102. The van der Waals surface area contributed by atoms with Crippen LogP contribution in [-0.4, -0.2) is 25.1 Å². The quantitative estimate of drug-likeness (QED) is 0.775. The zero-order chi connectivity index (χ0) is 15.5. The average molecular weight is 296 g/mol. The summed E-state index contributed by atoms with van der Waals surface area (Å²) in [4.78, 5) is 15.5. The number of amides is 1. The van der Waals surface area contributed by atoms with E-state index in [0.29, 0.717) is 22.9 Å². The Hall–Kier alpha value is -2.95. The number of carbonyl (C=O) groups excluding carboxylic acids is 1. The van der Waals surface area contributed by atoms with Crippen LogP contribution in [0.2, 0.25) is 0 Å². The number of fused-ring (bicyclic) bond motifs is 1. The van der Waals surface area contributed by atoms with E-state index in [4.69, 9.17) is 9.47 Å². The van der Waals surface area contributed by atoms with Crippen molar-refractivity contribution in [3.05, 3.63) is 54.2 Å². The van der Waals surface area contributed by atoms with Crippen LogP contribution >= 0.6 is 0 Å². The Balaban J connectivity index is 1.87. The van der Waals surface area contributed by atoms with Crippen molar-refractivity contribution >= 4 is 22.5 Å². The second-order valence-corrected chi connectivity index (χ2v) is 4.79. The number of hydrogen-bond donors (Lipinski definition) is 2. The van der Waals surface area contributed by atoms with E-state index in [1.165, 1.54) is 0 Å². The SMILES string of the molecule is COc1ccc(NC(=O)c2cc3ccccc3[nH]2)c(OC)c1. The molecule has 22 heavy (non-hydrogen) atoms. The molecule has 112 valence electrons. The molecule has 0 spiro atoms. The molecule has 2 aromatic carbocycles. The lowest BCUT2D eigenvalue weighted by atomic mass is 10.2. The zero-order valence-electron chi connectivity index (χ0n) is 12.3. The van der Waals surface area contributed by atoms with Gasteiger partial charge in [0.25, 0.3) is 5.91 Å². The number of nitrogens with one attached hydrogen (secondary N) is 2. The molecule has 0 radical (unpaired) electrons. The maximum atomic E-state index is 12.4. The number of para-hydroxylation sites is 1. The van der Waals surface area contributed by atoms with Crippen LogP contribution in [0, 0.1) is 0 Å². The van der Waals surface area contributed by atoms with Gasteiger partial charge in [-0.15, -0.1) is 0 Å². The van der Waals surface area contributed by atoms with E-state index in [9.17, 15) is 4.79 Å². The molecule has 1 amide bonds. The number of anilines is 1. The molecule has 3 aromatic rings. The summed E-state index contributed by atoms with van der Waals surface area (Å²) >= 11 is 0. The van der Waals surface area contributed by atoms with E-state index in [0.717, 1.165) is 10.9 Å². The van der Waals surface area contributed by atoms with Crippen LogP contribution in [0.25, 0.3) is 10.9 Å². The summed E-state index contributed by atoms with van der Waals surface area (Å²) < 4.78 is 10.4. The summed E-state index contributed by atoms with van der Waals surface area (Å²) in [5.41, 5.74) is 2.01. The first-order chi connectivity index (χ1) is 10.7. The number of aromatic nitrogens is 1. The van der Waals surface area contributed by atoms with Gasteiger partial charge in [-0.2, -0.15) is 0 Å². The second kappa shape index (κ2) is 5.81. The van der Waals surface area contributed by atoms with Gasteiger partial charge in [-0.05, 0) is 24.3 Å². The monoisotopic (exact) mass is 296 g/mol. The summed E-state index contributed by atoms with van der Waals surface area (Å²) in [6.45, 7) is 0. The number of H-pyrrole nitrogens is 1. The minimum atomic E-state index is -0.223. The van der Waals surface area contributed by atoms with Crippen LogP contribution in [-0.2, 0) is 0 Å². The standard InChI is InChI=1S/C17H16N2O3/c1-21-12-7-8-14(16(10-12)22-2)19-17(20)15-9-11-5-3-4-6-13(11)18-15/h3-10,18H,1-2H3,(H,19,20). The second-order valence-electron chi connectivity index (χ2n) is 4.79. The third-order valence-electron chi connectivity index (χ3n) is 3.43. The van der Waals surface area contributed by atoms with Crippen molar-refractivity contribution in [1.82, 2.24) is 4.98 Å². The zero-order valence-corrected chi connectivity index (χ0v) is 12.3. The number of aromatic amines is 1.